The topological polar surface area (TPSA) is 218 Å². The van der Waals surface area contributed by atoms with Crippen LogP contribution in [0, 0.1) is 11.8 Å². The number of nitrogens with one attached hydrogen (secondary N) is 3. The van der Waals surface area contributed by atoms with Gasteiger partial charge in [-0.3, -0.25) is 24.0 Å². The number of hydrogen-bond acceptors (Lipinski definition) is 10. The first kappa shape index (κ1) is 42.9. The molecule has 4 N–H and O–H groups in total. The number of carbonyl (C=O) groups excluding carboxylic acids is 7. The third kappa shape index (κ3) is 11.8. The molecule has 3 unspecified atom stereocenters. The summed E-state index contributed by atoms with van der Waals surface area (Å²) in [5.74, 6) is -6.87. The van der Waals surface area contributed by atoms with Crippen molar-refractivity contribution in [3.63, 3.8) is 0 Å². The Balaban J connectivity index is 1.52. The zero-order valence-electron chi connectivity index (χ0n) is 31.9. The van der Waals surface area contributed by atoms with E-state index in [-0.39, 0.29) is 43.5 Å². The van der Waals surface area contributed by atoms with Crippen LogP contribution >= 0.6 is 0 Å². The highest BCUT2D eigenvalue weighted by atomic mass is 16.6. The molecule has 2 fully saturated rings. The maximum Gasteiger partial charge on any atom is 0.407 e. The van der Waals surface area contributed by atoms with Crippen LogP contribution in [-0.2, 0) is 44.8 Å². The van der Waals surface area contributed by atoms with Crippen LogP contribution in [-0.4, -0.2) is 100 Å². The molecule has 0 bridgehead atoms. The first-order valence-corrected chi connectivity index (χ1v) is 19.0. The number of alkyl carbamates (subject to hydrolysis) is 1. The number of ether oxygens (including phenoxy) is 2. The van der Waals surface area contributed by atoms with Gasteiger partial charge in [-0.2, -0.15) is 0 Å². The van der Waals surface area contributed by atoms with Gasteiger partial charge in [0.2, 0.25) is 17.8 Å². The van der Waals surface area contributed by atoms with Gasteiger partial charge in [0.15, 0.2) is 0 Å². The molecule has 1 saturated heterocycles. The zero-order valence-corrected chi connectivity index (χ0v) is 31.9. The van der Waals surface area contributed by atoms with Gasteiger partial charge >= 0.3 is 24.1 Å². The molecular weight excluding hydrogens is 726 g/mol. The van der Waals surface area contributed by atoms with Crippen LogP contribution in [0.4, 0.5) is 9.59 Å². The van der Waals surface area contributed by atoms with E-state index in [4.69, 9.17) is 9.47 Å². The van der Waals surface area contributed by atoms with Gasteiger partial charge in [-0.25, -0.2) is 19.3 Å². The SMILES string of the molecule is CCCC(NC(=O)C1CN(Cc2ccccc2)C(=O)N1C(=O)C(NC(=O)OCC(C)C)C1CCCCC1)C(=O)C(=O)NCC(=O)O[C@H](C(=O)O)c1ccccc1. The number of urea groups is 1. The summed E-state index contributed by atoms with van der Waals surface area (Å²) in [7, 11) is 0. The Bertz CT molecular complexity index is 1720. The second-order valence-electron chi connectivity index (χ2n) is 14.4. The Morgan fingerprint density at radius 3 is 2.14 bits per heavy atom. The fourth-order valence-corrected chi connectivity index (χ4v) is 6.73. The van der Waals surface area contributed by atoms with Crippen LogP contribution in [0.2, 0.25) is 0 Å². The van der Waals surface area contributed by atoms with E-state index >= 15 is 0 Å². The van der Waals surface area contributed by atoms with E-state index in [1.165, 1.54) is 17.0 Å². The summed E-state index contributed by atoms with van der Waals surface area (Å²) in [4.78, 5) is 108. The molecule has 6 amide bonds. The van der Waals surface area contributed by atoms with E-state index < -0.39 is 78.3 Å². The zero-order chi connectivity index (χ0) is 40.8. The molecule has 4 rings (SSSR count). The number of carboxylic acid groups (broad SMARTS) is 1. The lowest BCUT2D eigenvalue weighted by molar-refractivity contribution is -0.164. The van der Waals surface area contributed by atoms with E-state index in [1.807, 2.05) is 19.9 Å². The molecule has 2 aliphatic rings. The van der Waals surface area contributed by atoms with Gasteiger partial charge in [-0.05, 0) is 36.7 Å². The molecule has 2 aromatic carbocycles. The van der Waals surface area contributed by atoms with E-state index in [9.17, 15) is 43.5 Å². The van der Waals surface area contributed by atoms with E-state index in [2.05, 4.69) is 16.0 Å². The summed E-state index contributed by atoms with van der Waals surface area (Å²) in [6.07, 6.45) is 1.63. The number of Topliss-reactive ketones (excluding diaryl/α,β-unsaturated/α-hetero) is 1. The van der Waals surface area contributed by atoms with Crippen LogP contribution in [0.5, 0.6) is 0 Å². The lowest BCUT2D eigenvalue weighted by Gasteiger charge is -2.33. The summed E-state index contributed by atoms with van der Waals surface area (Å²) in [5, 5.41) is 16.9. The number of hydrogen-bond donors (Lipinski definition) is 4. The molecule has 1 heterocycles. The number of rotatable bonds is 18. The molecule has 16 nitrogen and oxygen atoms in total. The summed E-state index contributed by atoms with van der Waals surface area (Å²) < 4.78 is 10.4. The normalized spacial score (nSPS) is 17.4. The van der Waals surface area contributed by atoms with Gasteiger partial charge in [0, 0.05) is 12.1 Å². The van der Waals surface area contributed by atoms with Crippen LogP contribution in [0.15, 0.2) is 60.7 Å². The van der Waals surface area contributed by atoms with Crippen molar-refractivity contribution in [2.24, 2.45) is 11.8 Å². The van der Waals surface area contributed by atoms with E-state index in [0.29, 0.717) is 19.3 Å². The minimum absolute atomic E-state index is 0.00613. The van der Waals surface area contributed by atoms with Crippen LogP contribution in [0.3, 0.4) is 0 Å². The van der Waals surface area contributed by atoms with Gasteiger partial charge in [-0.1, -0.05) is 107 Å². The highest BCUT2D eigenvalue weighted by Crippen LogP contribution is 2.30. The van der Waals surface area contributed by atoms with Crippen molar-refractivity contribution in [1.29, 1.82) is 0 Å². The molecule has 302 valence electrons. The highest BCUT2D eigenvalue weighted by Gasteiger charge is 2.49. The molecule has 4 atom stereocenters. The highest BCUT2D eigenvalue weighted by molar-refractivity contribution is 6.38. The first-order chi connectivity index (χ1) is 26.8. The standard InChI is InChI=1S/C40H51N5O11/c1-4-14-29(33(47)36(49)41-21-31(46)56-34(38(51)52)28-19-12-7-13-20-28)42-35(48)30-23-44(22-26-15-8-5-9-16-26)40(54)45(30)37(50)32(27-17-10-6-11-18-27)43-39(53)55-24-25(2)3/h5,7-9,12-13,15-16,19-20,25,27,29-30,32,34H,4,6,10-11,14,17-18,21-24H2,1-3H3,(H,41,49)(H,42,48)(H,43,53)(H,51,52)/t29?,30?,32?,34-/m0/s1. The Morgan fingerprint density at radius 2 is 1.54 bits per heavy atom. The third-order valence-electron chi connectivity index (χ3n) is 9.55. The molecule has 1 aliphatic heterocycles. The van der Waals surface area contributed by atoms with Crippen molar-refractivity contribution in [1.82, 2.24) is 25.8 Å². The molecular formula is C40H51N5O11. The van der Waals surface area contributed by atoms with Crippen molar-refractivity contribution >= 4 is 47.6 Å². The number of benzene rings is 2. The number of amides is 6. The third-order valence-corrected chi connectivity index (χ3v) is 9.55. The van der Waals surface area contributed by atoms with Crippen LogP contribution < -0.4 is 16.0 Å². The van der Waals surface area contributed by atoms with Crippen LogP contribution in [0.1, 0.15) is 82.9 Å². The average molecular weight is 778 g/mol. The predicted molar refractivity (Wildman–Crippen MR) is 200 cm³/mol. The van der Waals surface area contributed by atoms with Gasteiger partial charge in [-0.15, -0.1) is 0 Å². The number of ketones is 1. The molecule has 0 spiro atoms. The van der Waals surface area contributed by atoms with Crippen molar-refractivity contribution in [3.05, 3.63) is 71.8 Å². The molecule has 0 radical (unpaired) electrons. The first-order valence-electron chi connectivity index (χ1n) is 19.0. The van der Waals surface area contributed by atoms with Gasteiger partial charge in [0.05, 0.1) is 19.2 Å². The quantitative estimate of drug-likeness (QED) is 0.127. The lowest BCUT2D eigenvalue weighted by Crippen LogP contribution is -2.59. The Labute approximate surface area is 325 Å². The summed E-state index contributed by atoms with van der Waals surface area (Å²) >= 11 is 0. The molecule has 2 aromatic rings. The number of aliphatic carboxylic acids is 1. The molecule has 16 heteroatoms. The fourth-order valence-electron chi connectivity index (χ4n) is 6.73. The summed E-state index contributed by atoms with van der Waals surface area (Å²) in [6, 6.07) is 11.9. The smallest absolute Gasteiger partial charge is 0.407 e. The lowest BCUT2D eigenvalue weighted by atomic mass is 9.83. The van der Waals surface area contributed by atoms with Gasteiger partial charge in [0.1, 0.15) is 18.6 Å². The second kappa shape index (κ2) is 20.8. The number of carbonyl (C=O) groups is 8. The second-order valence-corrected chi connectivity index (χ2v) is 14.4. The maximum atomic E-state index is 14.5. The summed E-state index contributed by atoms with van der Waals surface area (Å²) in [5.41, 5.74) is 0.926. The van der Waals surface area contributed by atoms with Crippen molar-refractivity contribution in [3.8, 4) is 0 Å². The van der Waals surface area contributed by atoms with E-state index in [0.717, 1.165) is 29.7 Å². The number of nitrogens with zero attached hydrogens (tertiary/aromatic N) is 2. The number of imide groups is 1. The molecule has 0 aromatic heterocycles. The average Bonchev–Trinajstić information content (AvgIpc) is 3.52. The maximum absolute atomic E-state index is 14.5. The molecule has 56 heavy (non-hydrogen) atoms. The van der Waals surface area contributed by atoms with Crippen molar-refractivity contribution in [2.45, 2.75) is 96.5 Å². The van der Waals surface area contributed by atoms with Crippen LogP contribution in [0.25, 0.3) is 0 Å². The Kier molecular flexibility index (Phi) is 15.9. The molecule has 1 saturated carbocycles. The molecule has 1 aliphatic carbocycles. The Hall–Kier alpha value is -5.80. The minimum Gasteiger partial charge on any atom is -0.478 e. The Morgan fingerprint density at radius 1 is 0.893 bits per heavy atom. The number of carboxylic acids is 1. The van der Waals surface area contributed by atoms with Crippen molar-refractivity contribution < 1.29 is 52.9 Å². The van der Waals surface area contributed by atoms with Gasteiger partial charge in [0.25, 0.3) is 11.8 Å². The number of esters is 1. The minimum atomic E-state index is -1.65. The largest absolute Gasteiger partial charge is 0.478 e. The monoisotopic (exact) mass is 777 g/mol. The predicted octanol–water partition coefficient (Wildman–Crippen LogP) is 3.49. The summed E-state index contributed by atoms with van der Waals surface area (Å²) in [6.45, 7) is 4.54. The van der Waals surface area contributed by atoms with Crippen molar-refractivity contribution in [2.75, 3.05) is 19.7 Å². The van der Waals surface area contributed by atoms with E-state index in [1.54, 1.807) is 49.4 Å². The van der Waals surface area contributed by atoms with Gasteiger partial charge < -0.3 is 35.4 Å². The fraction of sp³-hybridized carbons (Fsp3) is 0.500.